The molecule has 3 nitrogen and oxygen atoms in total. The second kappa shape index (κ2) is 5.58. The van der Waals surface area contributed by atoms with Crippen LogP contribution in [0.3, 0.4) is 0 Å². The molecule has 0 unspecified atom stereocenters. The first kappa shape index (κ1) is 13.2. The Labute approximate surface area is 123 Å². The molecule has 0 aliphatic carbocycles. The normalized spacial score (nSPS) is 10.1. The van der Waals surface area contributed by atoms with Crippen molar-refractivity contribution in [3.8, 4) is 5.75 Å². The van der Waals surface area contributed by atoms with Gasteiger partial charge in [0.2, 0.25) is 0 Å². The van der Waals surface area contributed by atoms with Crippen LogP contribution in [0.15, 0.2) is 42.5 Å². The van der Waals surface area contributed by atoms with Gasteiger partial charge in [0.05, 0.1) is 3.57 Å². The van der Waals surface area contributed by atoms with Crippen molar-refractivity contribution in [2.24, 2.45) is 0 Å². The number of phenolic OH excluding ortho intramolecular Hbond substituents is 1. The average Bonchev–Trinajstić information content (AvgIpc) is 2.35. The number of halogens is 2. The van der Waals surface area contributed by atoms with Crippen LogP contribution in [0.4, 0.5) is 5.69 Å². The monoisotopic (exact) mass is 373 g/mol. The summed E-state index contributed by atoms with van der Waals surface area (Å²) in [5.74, 6) is -0.177. The van der Waals surface area contributed by atoms with Gasteiger partial charge in [0.25, 0.3) is 5.91 Å². The maximum atomic E-state index is 11.9. The third-order valence-corrected chi connectivity index (χ3v) is 3.47. The van der Waals surface area contributed by atoms with Gasteiger partial charge in [0.1, 0.15) is 5.75 Å². The van der Waals surface area contributed by atoms with E-state index in [9.17, 15) is 9.90 Å². The molecule has 0 saturated heterocycles. The molecule has 0 saturated carbocycles. The van der Waals surface area contributed by atoms with E-state index in [0.29, 0.717) is 19.8 Å². The molecule has 2 aromatic carbocycles. The van der Waals surface area contributed by atoms with Crippen molar-refractivity contribution in [2.75, 3.05) is 5.32 Å². The van der Waals surface area contributed by atoms with E-state index in [1.165, 1.54) is 6.07 Å². The summed E-state index contributed by atoms with van der Waals surface area (Å²) < 4.78 is 0.704. The number of hydrogen-bond donors (Lipinski definition) is 2. The number of hydrogen-bond acceptors (Lipinski definition) is 2. The Bertz CT molecular complexity index is 584. The predicted octanol–water partition coefficient (Wildman–Crippen LogP) is 3.90. The highest BCUT2D eigenvalue weighted by atomic mass is 127. The number of carbonyl (C=O) groups excluding carboxylic acids is 1. The Morgan fingerprint density at radius 1 is 1.17 bits per heavy atom. The van der Waals surface area contributed by atoms with Crippen LogP contribution in [0.1, 0.15) is 10.4 Å². The lowest BCUT2D eigenvalue weighted by Gasteiger charge is -2.06. The number of carbonyl (C=O) groups is 1. The SMILES string of the molecule is O=C(Nc1ccc(Cl)cc1)c1ccc(I)c(O)c1. The van der Waals surface area contributed by atoms with Gasteiger partial charge in [-0.25, -0.2) is 0 Å². The molecule has 0 aliphatic heterocycles. The van der Waals surface area contributed by atoms with Crippen molar-refractivity contribution in [3.05, 3.63) is 56.6 Å². The highest BCUT2D eigenvalue weighted by Crippen LogP contribution is 2.21. The average molecular weight is 374 g/mol. The van der Waals surface area contributed by atoms with Crippen molar-refractivity contribution >= 4 is 45.8 Å². The summed E-state index contributed by atoms with van der Waals surface area (Å²) in [5, 5.41) is 12.9. The topological polar surface area (TPSA) is 49.3 Å². The summed E-state index contributed by atoms with van der Waals surface area (Å²) in [6, 6.07) is 11.6. The Hall–Kier alpha value is -1.27. The van der Waals surface area contributed by atoms with Crippen LogP contribution in [0.2, 0.25) is 5.02 Å². The Kier molecular flexibility index (Phi) is 4.08. The fourth-order valence-corrected chi connectivity index (χ4v) is 1.85. The van der Waals surface area contributed by atoms with E-state index in [-0.39, 0.29) is 11.7 Å². The van der Waals surface area contributed by atoms with Crippen LogP contribution in [0.5, 0.6) is 5.75 Å². The molecule has 2 N–H and O–H groups in total. The van der Waals surface area contributed by atoms with E-state index < -0.39 is 0 Å². The molecule has 0 aromatic heterocycles. The molecule has 5 heteroatoms. The van der Waals surface area contributed by atoms with E-state index in [4.69, 9.17) is 11.6 Å². The van der Waals surface area contributed by atoms with E-state index >= 15 is 0 Å². The van der Waals surface area contributed by atoms with Gasteiger partial charge in [0.15, 0.2) is 0 Å². The zero-order valence-electron chi connectivity index (χ0n) is 9.15. The summed E-state index contributed by atoms with van der Waals surface area (Å²) >= 11 is 7.75. The van der Waals surface area contributed by atoms with Gasteiger partial charge in [-0.15, -0.1) is 0 Å². The fourth-order valence-electron chi connectivity index (χ4n) is 1.39. The molecule has 0 aliphatic rings. The molecular formula is C13H9ClINO2. The molecule has 0 atom stereocenters. The van der Waals surface area contributed by atoms with Gasteiger partial charge >= 0.3 is 0 Å². The van der Waals surface area contributed by atoms with Crippen molar-refractivity contribution in [2.45, 2.75) is 0 Å². The number of anilines is 1. The smallest absolute Gasteiger partial charge is 0.255 e. The molecule has 92 valence electrons. The van der Waals surface area contributed by atoms with Crippen molar-refractivity contribution in [1.29, 1.82) is 0 Å². The van der Waals surface area contributed by atoms with Crippen molar-refractivity contribution in [1.82, 2.24) is 0 Å². The molecule has 1 amide bonds. The quantitative estimate of drug-likeness (QED) is 0.784. The zero-order valence-corrected chi connectivity index (χ0v) is 12.1. The molecule has 0 spiro atoms. The lowest BCUT2D eigenvalue weighted by atomic mass is 10.2. The van der Waals surface area contributed by atoms with Gasteiger partial charge < -0.3 is 10.4 Å². The van der Waals surface area contributed by atoms with Gasteiger partial charge in [-0.2, -0.15) is 0 Å². The number of rotatable bonds is 2. The molecule has 0 radical (unpaired) electrons. The van der Waals surface area contributed by atoms with Gasteiger partial charge in [-0.05, 0) is 65.1 Å². The number of amides is 1. The molecule has 18 heavy (non-hydrogen) atoms. The van der Waals surface area contributed by atoms with Crippen LogP contribution in [-0.2, 0) is 0 Å². The minimum Gasteiger partial charge on any atom is -0.507 e. The van der Waals surface area contributed by atoms with Crippen LogP contribution >= 0.6 is 34.2 Å². The first-order valence-electron chi connectivity index (χ1n) is 5.12. The standard InChI is InChI=1S/C13H9ClINO2/c14-9-2-4-10(5-3-9)16-13(18)8-1-6-11(15)12(17)7-8/h1-7,17H,(H,16,18). The number of benzene rings is 2. The van der Waals surface area contributed by atoms with E-state index in [2.05, 4.69) is 5.32 Å². The highest BCUT2D eigenvalue weighted by Gasteiger charge is 2.08. The molecular weight excluding hydrogens is 365 g/mol. The number of nitrogens with one attached hydrogen (secondary N) is 1. The lowest BCUT2D eigenvalue weighted by Crippen LogP contribution is -2.11. The maximum absolute atomic E-state index is 11.9. The third-order valence-electron chi connectivity index (χ3n) is 2.31. The third kappa shape index (κ3) is 3.14. The van der Waals surface area contributed by atoms with Gasteiger partial charge in [0, 0.05) is 16.3 Å². The summed E-state index contributed by atoms with van der Waals surface area (Å²) in [4.78, 5) is 11.9. The minimum absolute atomic E-state index is 0.0966. The summed E-state index contributed by atoms with van der Waals surface area (Å²) in [5.41, 5.74) is 1.06. The van der Waals surface area contributed by atoms with E-state index in [0.717, 1.165) is 0 Å². The second-order valence-electron chi connectivity index (χ2n) is 3.63. The minimum atomic E-state index is -0.274. The number of phenols is 1. The largest absolute Gasteiger partial charge is 0.507 e. The predicted molar refractivity (Wildman–Crippen MR) is 80.2 cm³/mol. The van der Waals surface area contributed by atoms with Crippen LogP contribution in [-0.4, -0.2) is 11.0 Å². The summed E-state index contributed by atoms with van der Waals surface area (Å²) in [6.45, 7) is 0. The molecule has 2 aromatic rings. The van der Waals surface area contributed by atoms with E-state index in [1.807, 2.05) is 22.6 Å². The van der Waals surface area contributed by atoms with Crippen molar-refractivity contribution < 1.29 is 9.90 Å². The van der Waals surface area contributed by atoms with Crippen LogP contribution in [0, 0.1) is 3.57 Å². The van der Waals surface area contributed by atoms with Crippen LogP contribution < -0.4 is 5.32 Å². The zero-order chi connectivity index (χ0) is 13.1. The van der Waals surface area contributed by atoms with Crippen molar-refractivity contribution in [3.63, 3.8) is 0 Å². The Morgan fingerprint density at radius 3 is 2.44 bits per heavy atom. The second-order valence-corrected chi connectivity index (χ2v) is 5.23. The molecule has 2 rings (SSSR count). The number of aromatic hydroxyl groups is 1. The lowest BCUT2D eigenvalue weighted by molar-refractivity contribution is 0.102. The molecule has 0 fully saturated rings. The van der Waals surface area contributed by atoms with E-state index in [1.54, 1.807) is 36.4 Å². The fraction of sp³-hybridized carbons (Fsp3) is 0. The molecule has 0 bridgehead atoms. The first-order chi connectivity index (χ1) is 8.56. The van der Waals surface area contributed by atoms with Gasteiger partial charge in [-0.3, -0.25) is 4.79 Å². The summed E-state index contributed by atoms with van der Waals surface area (Å²) in [6.07, 6.45) is 0. The maximum Gasteiger partial charge on any atom is 0.255 e. The Morgan fingerprint density at radius 2 is 1.83 bits per heavy atom. The van der Waals surface area contributed by atoms with Crippen LogP contribution in [0.25, 0.3) is 0 Å². The van der Waals surface area contributed by atoms with Gasteiger partial charge in [-0.1, -0.05) is 11.6 Å². The highest BCUT2D eigenvalue weighted by molar-refractivity contribution is 14.1. The summed E-state index contributed by atoms with van der Waals surface area (Å²) in [7, 11) is 0. The Balaban J connectivity index is 2.16. The molecule has 0 heterocycles. The first-order valence-corrected chi connectivity index (χ1v) is 6.57.